The van der Waals surface area contributed by atoms with E-state index in [9.17, 15) is 9.59 Å². The Labute approximate surface area is 142 Å². The van der Waals surface area contributed by atoms with E-state index in [0.717, 1.165) is 12.8 Å². The number of hydrogen-bond acceptors (Lipinski definition) is 4. The van der Waals surface area contributed by atoms with E-state index in [2.05, 4.69) is 17.2 Å². The molecule has 1 amide bonds. The number of fused-ring (bicyclic) bond motifs is 1. The third-order valence-corrected chi connectivity index (χ3v) is 4.24. The van der Waals surface area contributed by atoms with E-state index in [4.69, 9.17) is 4.42 Å². The summed E-state index contributed by atoms with van der Waals surface area (Å²) in [6.45, 7) is 4.50. The van der Waals surface area contributed by atoms with Crippen molar-refractivity contribution in [3.8, 4) is 0 Å². The van der Waals surface area contributed by atoms with Crippen molar-refractivity contribution in [3.05, 3.63) is 28.0 Å². The number of unbranched alkanes of at least 4 members (excludes halogenated alkanes) is 6. The van der Waals surface area contributed by atoms with Gasteiger partial charge in [-0.2, -0.15) is 0 Å². The highest BCUT2D eigenvalue weighted by molar-refractivity contribution is 6.06. The number of nitrogens with zero attached hydrogens (tertiary/aromatic N) is 2. The van der Waals surface area contributed by atoms with Gasteiger partial charge in [0.15, 0.2) is 0 Å². The molecule has 0 aliphatic rings. The van der Waals surface area contributed by atoms with E-state index in [-0.39, 0.29) is 22.6 Å². The Balaban J connectivity index is 1.91. The molecule has 0 aliphatic carbocycles. The van der Waals surface area contributed by atoms with Crippen molar-refractivity contribution in [3.63, 3.8) is 0 Å². The smallest absolute Gasteiger partial charge is 0.265 e. The number of nitrogens with one attached hydrogen (secondary N) is 1. The van der Waals surface area contributed by atoms with E-state index in [1.165, 1.54) is 43.0 Å². The predicted octanol–water partition coefficient (Wildman–Crippen LogP) is 3.32. The summed E-state index contributed by atoms with van der Waals surface area (Å²) in [6, 6.07) is 0. The number of hydrogen-bond donors (Lipinski definition) is 1. The summed E-state index contributed by atoms with van der Waals surface area (Å²) in [5.41, 5.74) is 0.260. The van der Waals surface area contributed by atoms with Crippen molar-refractivity contribution in [1.29, 1.82) is 0 Å². The number of aromatic nitrogens is 2. The van der Waals surface area contributed by atoms with Crippen LogP contribution in [0.4, 0.5) is 0 Å². The molecule has 24 heavy (non-hydrogen) atoms. The zero-order valence-corrected chi connectivity index (χ0v) is 14.9. The number of amides is 1. The highest BCUT2D eigenvalue weighted by Gasteiger charge is 2.21. The van der Waals surface area contributed by atoms with Crippen LogP contribution in [0.1, 0.15) is 68.0 Å². The minimum atomic E-state index is -0.266. The Hall–Kier alpha value is -2.11. The molecule has 1 N–H and O–H groups in total. The second-order valence-electron chi connectivity index (χ2n) is 6.25. The molecule has 132 valence electrons. The number of furan rings is 1. The quantitative estimate of drug-likeness (QED) is 0.714. The summed E-state index contributed by atoms with van der Waals surface area (Å²) in [5, 5.41) is 3.15. The van der Waals surface area contributed by atoms with Crippen LogP contribution in [0.25, 0.3) is 11.1 Å². The number of rotatable bonds is 9. The van der Waals surface area contributed by atoms with Crippen molar-refractivity contribution < 1.29 is 9.21 Å². The first kappa shape index (κ1) is 18.2. The summed E-state index contributed by atoms with van der Waals surface area (Å²) < 4.78 is 6.80. The summed E-state index contributed by atoms with van der Waals surface area (Å²) >= 11 is 0. The van der Waals surface area contributed by atoms with Gasteiger partial charge < -0.3 is 14.3 Å². The molecule has 0 saturated heterocycles. The second kappa shape index (κ2) is 8.66. The van der Waals surface area contributed by atoms with E-state index in [1.807, 2.05) is 0 Å². The molecule has 0 saturated carbocycles. The summed E-state index contributed by atoms with van der Waals surface area (Å²) in [6.07, 6.45) is 9.76. The first-order valence-electron chi connectivity index (χ1n) is 8.79. The van der Waals surface area contributed by atoms with Gasteiger partial charge in [-0.05, 0) is 13.3 Å². The lowest BCUT2D eigenvalue weighted by Gasteiger charge is -2.05. The van der Waals surface area contributed by atoms with Gasteiger partial charge in [0.1, 0.15) is 17.5 Å². The van der Waals surface area contributed by atoms with Crippen LogP contribution in [-0.4, -0.2) is 22.0 Å². The van der Waals surface area contributed by atoms with Gasteiger partial charge in [0.05, 0.1) is 5.56 Å². The third kappa shape index (κ3) is 4.24. The average Bonchev–Trinajstić information content (AvgIpc) is 2.90. The van der Waals surface area contributed by atoms with Crippen LogP contribution < -0.4 is 10.9 Å². The fourth-order valence-electron chi connectivity index (χ4n) is 2.83. The summed E-state index contributed by atoms with van der Waals surface area (Å²) in [7, 11) is 1.61. The monoisotopic (exact) mass is 333 g/mol. The number of carbonyl (C=O) groups is 1. The molecule has 0 atom stereocenters. The maximum absolute atomic E-state index is 12.4. The predicted molar refractivity (Wildman–Crippen MR) is 94.3 cm³/mol. The van der Waals surface area contributed by atoms with E-state index in [1.54, 1.807) is 14.0 Å². The lowest BCUT2D eigenvalue weighted by Crippen LogP contribution is -2.27. The van der Waals surface area contributed by atoms with Gasteiger partial charge in [-0.1, -0.05) is 45.4 Å². The minimum Gasteiger partial charge on any atom is -0.442 e. The third-order valence-electron chi connectivity index (χ3n) is 4.24. The van der Waals surface area contributed by atoms with Crippen molar-refractivity contribution in [2.45, 2.75) is 58.8 Å². The molecule has 2 aromatic heterocycles. The molecule has 6 nitrogen and oxygen atoms in total. The summed E-state index contributed by atoms with van der Waals surface area (Å²) in [5.74, 6) is 0.167. The first-order valence-corrected chi connectivity index (χ1v) is 8.79. The standard InChI is InChI=1S/C18H27N3O3/c1-4-5-6-7-8-9-10-11-19-16(22)14-13(2)24-17-15(14)18(23)21(3)12-20-17/h12H,4-11H2,1-3H3,(H,19,22). The van der Waals surface area contributed by atoms with Gasteiger partial charge in [-0.3, -0.25) is 9.59 Å². The molecule has 0 spiro atoms. The van der Waals surface area contributed by atoms with Crippen LogP contribution >= 0.6 is 0 Å². The number of carbonyl (C=O) groups excluding carboxylic acids is 1. The molecule has 0 bridgehead atoms. The van der Waals surface area contributed by atoms with Gasteiger partial charge >= 0.3 is 0 Å². The molecule has 0 fully saturated rings. The molecule has 0 radical (unpaired) electrons. The van der Waals surface area contributed by atoms with Crippen LogP contribution in [0.2, 0.25) is 0 Å². The Morgan fingerprint density at radius 1 is 1.21 bits per heavy atom. The van der Waals surface area contributed by atoms with Crippen molar-refractivity contribution in [2.75, 3.05) is 6.54 Å². The van der Waals surface area contributed by atoms with E-state index < -0.39 is 0 Å². The molecule has 2 aromatic rings. The maximum atomic E-state index is 12.4. The SMILES string of the molecule is CCCCCCCCCNC(=O)c1c(C)oc2ncn(C)c(=O)c12. The molecular weight excluding hydrogens is 306 g/mol. The Morgan fingerprint density at radius 2 is 1.88 bits per heavy atom. The highest BCUT2D eigenvalue weighted by atomic mass is 16.3. The fraction of sp³-hybridized carbons (Fsp3) is 0.611. The first-order chi connectivity index (χ1) is 11.6. The Morgan fingerprint density at radius 3 is 2.58 bits per heavy atom. The molecule has 6 heteroatoms. The largest absolute Gasteiger partial charge is 0.442 e. The molecule has 2 rings (SSSR count). The maximum Gasteiger partial charge on any atom is 0.265 e. The van der Waals surface area contributed by atoms with Gasteiger partial charge in [-0.25, -0.2) is 4.98 Å². The molecule has 0 aromatic carbocycles. The Bertz CT molecular complexity index is 746. The Kier molecular flexibility index (Phi) is 6.58. The van der Waals surface area contributed by atoms with Crippen LogP contribution in [0.3, 0.4) is 0 Å². The molecule has 0 unspecified atom stereocenters. The number of aryl methyl sites for hydroxylation is 2. The topological polar surface area (TPSA) is 77.1 Å². The average molecular weight is 333 g/mol. The van der Waals surface area contributed by atoms with Crippen molar-refractivity contribution in [2.24, 2.45) is 7.05 Å². The van der Waals surface area contributed by atoms with Crippen molar-refractivity contribution in [1.82, 2.24) is 14.9 Å². The lowest BCUT2D eigenvalue weighted by atomic mass is 10.1. The van der Waals surface area contributed by atoms with E-state index in [0.29, 0.717) is 17.9 Å². The van der Waals surface area contributed by atoms with Crippen LogP contribution in [0.15, 0.2) is 15.5 Å². The van der Waals surface area contributed by atoms with Gasteiger partial charge in [-0.15, -0.1) is 0 Å². The molecule has 2 heterocycles. The van der Waals surface area contributed by atoms with Crippen LogP contribution in [0, 0.1) is 6.92 Å². The minimum absolute atomic E-state index is 0.219. The lowest BCUT2D eigenvalue weighted by molar-refractivity contribution is 0.0952. The summed E-state index contributed by atoms with van der Waals surface area (Å²) in [4.78, 5) is 28.7. The normalized spacial score (nSPS) is 11.1. The van der Waals surface area contributed by atoms with Gasteiger partial charge in [0, 0.05) is 13.6 Å². The molecular formula is C18H27N3O3. The fourth-order valence-corrected chi connectivity index (χ4v) is 2.83. The highest BCUT2D eigenvalue weighted by Crippen LogP contribution is 2.20. The van der Waals surface area contributed by atoms with Crippen molar-refractivity contribution >= 4 is 17.0 Å². The van der Waals surface area contributed by atoms with Gasteiger partial charge in [0.2, 0.25) is 5.71 Å². The van der Waals surface area contributed by atoms with Crippen LogP contribution in [-0.2, 0) is 7.05 Å². The zero-order chi connectivity index (χ0) is 17.5. The van der Waals surface area contributed by atoms with Crippen LogP contribution in [0.5, 0.6) is 0 Å². The molecule has 0 aliphatic heterocycles. The zero-order valence-electron chi connectivity index (χ0n) is 14.9. The second-order valence-corrected chi connectivity index (χ2v) is 6.25. The van der Waals surface area contributed by atoms with Gasteiger partial charge in [0.25, 0.3) is 11.5 Å². The van der Waals surface area contributed by atoms with E-state index >= 15 is 0 Å².